The topological polar surface area (TPSA) is 403 Å². The minimum absolute atomic E-state index is 0.623. The van der Waals surface area contributed by atoms with Crippen LogP contribution in [0.4, 0.5) is 0 Å². The second kappa shape index (κ2) is 56.2. The molecule has 0 aromatic carbocycles. The fourth-order valence-electron chi connectivity index (χ4n) is 3.80. The lowest BCUT2D eigenvalue weighted by Crippen LogP contribution is -1.89. The van der Waals surface area contributed by atoms with Gasteiger partial charge in [-0.15, -0.1) is 20.4 Å². The highest BCUT2D eigenvalue weighted by atomic mass is 32.1. The highest BCUT2D eigenvalue weighted by Gasteiger charge is 1.96. The molecule has 0 saturated carbocycles. The highest BCUT2D eigenvalue weighted by molar-refractivity contribution is 7.06. The Morgan fingerprint density at radius 3 is 0.977 bits per heavy atom. The summed E-state index contributed by atoms with van der Waals surface area (Å²) in [5.41, 5.74) is 4.74. The van der Waals surface area contributed by atoms with Gasteiger partial charge in [0.15, 0.2) is 23.2 Å². The Morgan fingerprint density at radius 1 is 0.455 bits per heavy atom. The smallest absolute Gasteiger partial charge is 0.223 e. The Balaban J connectivity index is -0.000000433. The van der Waals surface area contributed by atoms with Crippen LogP contribution in [0.2, 0.25) is 0 Å². The largest absolute Gasteiger partial charge is 0.342 e. The zero-order chi connectivity index (χ0) is 67.8. The summed E-state index contributed by atoms with van der Waals surface area (Å²) >= 11 is 5.77. The Kier molecular flexibility index (Phi) is 54.8. The zero-order valence-corrected chi connectivity index (χ0v) is 59.6. The van der Waals surface area contributed by atoms with E-state index in [1.807, 2.05) is 159 Å². The molecule has 0 radical (unpaired) electrons. The highest BCUT2D eigenvalue weighted by Crippen LogP contribution is 2.05. The molecular weight excluding hydrogens is 1210 g/mol. The van der Waals surface area contributed by atoms with E-state index in [4.69, 9.17) is 0 Å². The number of hydrogen-bond donors (Lipinski definition) is 2. The van der Waals surface area contributed by atoms with Crippen LogP contribution < -0.4 is 0 Å². The van der Waals surface area contributed by atoms with E-state index < -0.39 is 0 Å². The molecule has 12 aromatic heterocycles. The number of rotatable bonds is 0. The summed E-state index contributed by atoms with van der Waals surface area (Å²) in [5.74, 6) is 6.82. The zero-order valence-electron chi connectivity index (χ0n) is 56.4. The first-order chi connectivity index (χ1) is 41.9. The number of aromatic nitrogens is 28. The van der Waals surface area contributed by atoms with Crippen LogP contribution in [0, 0.1) is 125 Å². The molecule has 32 nitrogen and oxygen atoms in total. The lowest BCUT2D eigenvalue weighted by molar-refractivity contribution is 0.373. The molecule has 88 heavy (non-hydrogen) atoms. The summed E-state index contributed by atoms with van der Waals surface area (Å²) in [7, 11) is 3.60. The minimum Gasteiger partial charge on any atom is -0.342 e. The lowest BCUT2D eigenvalue weighted by atomic mass is 10.4. The summed E-state index contributed by atoms with van der Waals surface area (Å²) in [6.45, 7) is 49.8. The van der Waals surface area contributed by atoms with Crippen LogP contribution in [-0.2, 0) is 14.1 Å². The number of aryl methyl sites for hydroxylation is 20. The van der Waals surface area contributed by atoms with Crippen molar-refractivity contribution in [1.29, 1.82) is 0 Å². The standard InChI is InChI=1S/4C4H6N2O.4C4H6N2S.4C3H5N3.4C2H6/c2*1-3-5-4(2)7-6-3;2*1-3-4(2)7-6-5-3;2*1-3-5-4(2)7-6-3;2*1-3-4(2)7-6-5-3;1-6-3-4-2-5-6;1-6-4-2-3-5-6;1-3-4-2-5-6-3;1-3-2-4-6-5-3;4*1-2/h8*1-2H3;2*2-3H,1H3;2*2H,1H3,(H,4,5,6);4*1-2H3. The monoisotopic (exact) mass is 1300 g/mol. The summed E-state index contributed by atoms with van der Waals surface area (Å²) in [6, 6.07) is 0. The van der Waals surface area contributed by atoms with Crippen LogP contribution in [-0.4, -0.2) is 139 Å². The molecule has 36 heteroatoms. The SMILES string of the molecule is CC.CC.CC.CC.Cc1cn[nH]n1.Cc1ncn[nH]1.Cc1nnoc1C.Cc1nnoc1C.Cc1nnsc1C.Cc1nnsc1C.Cc1noc(C)n1.Cc1noc(C)n1.Cc1nsc(C)n1.Cc1nsc(C)n1.Cn1cncn1.Cn1nccn1. The second-order valence-corrected chi connectivity index (χ2v) is 19.2. The molecule has 0 atom stereocenters. The van der Waals surface area contributed by atoms with Crippen LogP contribution in [0.1, 0.15) is 156 Å². The van der Waals surface area contributed by atoms with Gasteiger partial charge in [0.25, 0.3) is 0 Å². The molecule has 0 aliphatic carbocycles. The van der Waals surface area contributed by atoms with Crippen LogP contribution in [0.25, 0.3) is 0 Å². The van der Waals surface area contributed by atoms with Crippen molar-refractivity contribution < 1.29 is 18.1 Å². The minimum atomic E-state index is 0.623. The first kappa shape index (κ1) is 85.8. The fraction of sp³-hybridized carbons (Fsp3) is 0.538. The van der Waals surface area contributed by atoms with E-state index in [9.17, 15) is 0 Å². The Labute approximate surface area is 533 Å². The number of nitrogens with zero attached hydrogens (tertiary/aromatic N) is 26. The van der Waals surface area contributed by atoms with Gasteiger partial charge in [0, 0.05) is 48.2 Å². The van der Waals surface area contributed by atoms with E-state index in [1.54, 1.807) is 64.3 Å². The molecule has 0 aliphatic rings. The molecule has 0 saturated heterocycles. The third-order valence-electron chi connectivity index (χ3n) is 8.17. The molecule has 12 heterocycles. The van der Waals surface area contributed by atoms with Crippen LogP contribution in [0.5, 0.6) is 0 Å². The molecule has 0 fully saturated rings. The van der Waals surface area contributed by atoms with Gasteiger partial charge in [0.05, 0.1) is 35.7 Å². The molecule has 0 amide bonds. The van der Waals surface area contributed by atoms with E-state index in [-0.39, 0.29) is 0 Å². The maximum atomic E-state index is 4.60. The quantitative estimate of drug-likeness (QED) is 0.142. The van der Waals surface area contributed by atoms with Crippen molar-refractivity contribution in [3.63, 3.8) is 0 Å². The molecule has 0 aliphatic heterocycles. The molecule has 12 rings (SSSR count). The maximum Gasteiger partial charge on any atom is 0.223 e. The molecule has 2 N–H and O–H groups in total. The van der Waals surface area contributed by atoms with Crippen molar-refractivity contribution in [2.75, 3.05) is 0 Å². The van der Waals surface area contributed by atoms with Crippen molar-refractivity contribution in [2.24, 2.45) is 14.1 Å². The summed E-state index contributed by atoms with van der Waals surface area (Å²) in [6.07, 6.45) is 9.56. The van der Waals surface area contributed by atoms with Gasteiger partial charge in [-0.3, -0.25) is 9.78 Å². The molecule has 0 spiro atoms. The molecule has 12 aromatic rings. The van der Waals surface area contributed by atoms with Gasteiger partial charge in [0.1, 0.15) is 57.9 Å². The lowest BCUT2D eigenvalue weighted by Gasteiger charge is -1.75. The Bertz CT molecular complexity index is 2720. The van der Waals surface area contributed by atoms with E-state index in [0.717, 1.165) is 67.5 Å². The third kappa shape index (κ3) is 49.6. The number of nitrogens with one attached hydrogen (secondary N) is 2. The molecule has 488 valence electrons. The third-order valence-corrected chi connectivity index (χ3v) is 11.1. The predicted molar refractivity (Wildman–Crippen MR) is 342 cm³/mol. The average molecular weight is 1300 g/mol. The van der Waals surface area contributed by atoms with Gasteiger partial charge in [-0.25, -0.2) is 19.9 Å². The van der Waals surface area contributed by atoms with Crippen molar-refractivity contribution >= 4 is 46.1 Å². The number of aromatic amines is 2. The van der Waals surface area contributed by atoms with Gasteiger partial charge in [-0.05, 0) is 157 Å². The van der Waals surface area contributed by atoms with Crippen molar-refractivity contribution in [3.05, 3.63) is 138 Å². The average Bonchev–Trinajstić information content (AvgIpc) is 4.34. The van der Waals surface area contributed by atoms with Crippen LogP contribution >= 0.6 is 46.1 Å². The molecule has 0 bridgehead atoms. The normalized spacial score (nSPS) is 8.68. The van der Waals surface area contributed by atoms with Gasteiger partial charge >= 0.3 is 0 Å². The van der Waals surface area contributed by atoms with Crippen LogP contribution in [0.15, 0.2) is 55.7 Å². The summed E-state index contributed by atoms with van der Waals surface area (Å²) < 4.78 is 35.4. The van der Waals surface area contributed by atoms with E-state index in [2.05, 4.69) is 148 Å². The Hall–Kier alpha value is -8.64. The number of H-pyrrole nitrogens is 2. The second-order valence-electron chi connectivity index (χ2n) is 15.4. The number of hydrogen-bond acceptors (Lipinski definition) is 32. The van der Waals surface area contributed by atoms with Gasteiger partial charge < -0.3 is 18.1 Å². The molecular formula is C52H92N28O4S4. The van der Waals surface area contributed by atoms with Crippen molar-refractivity contribution in [3.8, 4) is 0 Å². The van der Waals surface area contributed by atoms with Gasteiger partial charge in [-0.2, -0.15) is 59.3 Å². The Morgan fingerprint density at radius 2 is 0.886 bits per heavy atom. The maximum absolute atomic E-state index is 4.60. The first-order valence-electron chi connectivity index (χ1n) is 27.3. The van der Waals surface area contributed by atoms with E-state index in [1.165, 1.54) is 73.3 Å². The predicted octanol–water partition coefficient (Wildman–Crippen LogP) is 11.3. The van der Waals surface area contributed by atoms with Gasteiger partial charge in [0.2, 0.25) is 11.8 Å². The van der Waals surface area contributed by atoms with E-state index >= 15 is 0 Å². The van der Waals surface area contributed by atoms with E-state index in [0.29, 0.717) is 23.4 Å². The first-order valence-corrected chi connectivity index (χ1v) is 30.4. The van der Waals surface area contributed by atoms with Crippen molar-refractivity contribution in [1.82, 2.24) is 139 Å². The van der Waals surface area contributed by atoms with Gasteiger partial charge in [-0.1, -0.05) is 74.7 Å². The summed E-state index contributed by atoms with van der Waals surface area (Å²) in [4.78, 5) is 27.0. The van der Waals surface area contributed by atoms with Crippen molar-refractivity contribution in [2.45, 2.75) is 180 Å². The fourth-order valence-corrected chi connectivity index (χ4v) is 5.67. The summed E-state index contributed by atoms with van der Waals surface area (Å²) in [5, 5.41) is 57.6. The molecule has 0 unspecified atom stereocenters. The van der Waals surface area contributed by atoms with Crippen LogP contribution in [0.3, 0.4) is 0 Å².